The number of hydrogen-bond donors (Lipinski definition) is 1. The molecule has 2 aromatic rings. The lowest BCUT2D eigenvalue weighted by Gasteiger charge is -2.34. The summed E-state index contributed by atoms with van der Waals surface area (Å²) < 4.78 is 5.43. The monoisotopic (exact) mass is 489 g/mol. The average molecular weight is 490 g/mol. The van der Waals surface area contributed by atoms with E-state index in [2.05, 4.69) is 5.32 Å². The van der Waals surface area contributed by atoms with E-state index in [-0.39, 0.29) is 29.7 Å². The van der Waals surface area contributed by atoms with Crippen LogP contribution in [0.15, 0.2) is 48.5 Å². The number of para-hydroxylation sites is 1. The summed E-state index contributed by atoms with van der Waals surface area (Å²) in [6.07, 6.45) is 5.97. The van der Waals surface area contributed by atoms with Crippen LogP contribution in [0.3, 0.4) is 0 Å². The van der Waals surface area contributed by atoms with Crippen LogP contribution in [0.5, 0.6) is 5.75 Å². The van der Waals surface area contributed by atoms with Gasteiger partial charge in [-0.3, -0.25) is 24.1 Å². The van der Waals surface area contributed by atoms with Gasteiger partial charge in [-0.1, -0.05) is 25.0 Å². The number of imide groups is 1. The van der Waals surface area contributed by atoms with E-state index in [0.29, 0.717) is 54.3 Å². The molecule has 2 aromatic carbocycles. The van der Waals surface area contributed by atoms with E-state index in [4.69, 9.17) is 4.74 Å². The molecule has 36 heavy (non-hydrogen) atoms. The second-order valence-corrected chi connectivity index (χ2v) is 9.79. The molecule has 8 nitrogen and oxygen atoms in total. The molecule has 2 heterocycles. The highest BCUT2D eigenvalue weighted by atomic mass is 16.5. The summed E-state index contributed by atoms with van der Waals surface area (Å²) in [7, 11) is 1.54. The van der Waals surface area contributed by atoms with Gasteiger partial charge in [-0.15, -0.1) is 0 Å². The van der Waals surface area contributed by atoms with Gasteiger partial charge in [0.05, 0.1) is 18.4 Å². The van der Waals surface area contributed by atoms with Crippen molar-refractivity contribution >= 4 is 35.0 Å². The highest BCUT2D eigenvalue weighted by Crippen LogP contribution is 2.41. The van der Waals surface area contributed by atoms with Crippen molar-refractivity contribution < 1.29 is 23.9 Å². The minimum atomic E-state index is -0.583. The van der Waals surface area contributed by atoms with Crippen LogP contribution in [0.25, 0.3) is 0 Å². The Hall–Kier alpha value is -3.68. The van der Waals surface area contributed by atoms with Crippen molar-refractivity contribution in [2.75, 3.05) is 17.3 Å². The van der Waals surface area contributed by atoms with Gasteiger partial charge in [0.1, 0.15) is 11.8 Å². The van der Waals surface area contributed by atoms with E-state index in [1.165, 1.54) is 4.90 Å². The number of methoxy groups -OCH3 is 1. The molecule has 0 aromatic heterocycles. The topological polar surface area (TPSA) is 96.0 Å². The minimum Gasteiger partial charge on any atom is -0.496 e. The van der Waals surface area contributed by atoms with Crippen LogP contribution in [0.2, 0.25) is 0 Å². The SMILES string of the molecule is COc1ccccc1C(=O)N1C(C(=O)Nc2ccc(N3C(=O)CCCC3=O)cc2)CC2CCCCC21. The van der Waals surface area contributed by atoms with Gasteiger partial charge in [-0.2, -0.15) is 0 Å². The summed E-state index contributed by atoms with van der Waals surface area (Å²) >= 11 is 0. The highest BCUT2D eigenvalue weighted by molar-refractivity contribution is 6.16. The molecule has 0 bridgehead atoms. The standard InChI is InChI=1S/C28H31N3O5/c1-36-24-10-5-3-8-21(24)28(35)31-22-9-4-2-7-18(22)17-23(31)27(34)29-19-13-15-20(16-14-19)30-25(32)11-6-12-26(30)33/h3,5,8,10,13-16,18,22-23H,2,4,6-7,9,11-12,17H2,1H3,(H,29,34). The average Bonchev–Trinajstić information content (AvgIpc) is 3.29. The molecular weight excluding hydrogens is 458 g/mol. The summed E-state index contributed by atoms with van der Waals surface area (Å²) in [5.74, 6) is -0.0286. The molecule has 5 rings (SSSR count). The number of carbonyl (C=O) groups is 4. The maximum atomic E-state index is 13.7. The second kappa shape index (κ2) is 10.1. The van der Waals surface area contributed by atoms with Crippen LogP contribution in [0.4, 0.5) is 11.4 Å². The molecule has 1 aliphatic carbocycles. The Morgan fingerprint density at radius 2 is 1.61 bits per heavy atom. The first-order valence-electron chi connectivity index (χ1n) is 12.7. The zero-order chi connectivity index (χ0) is 25.2. The lowest BCUT2D eigenvalue weighted by molar-refractivity contribution is -0.129. The molecule has 2 aliphatic heterocycles. The zero-order valence-electron chi connectivity index (χ0n) is 20.4. The molecule has 8 heteroatoms. The minimum absolute atomic E-state index is 0.0328. The van der Waals surface area contributed by atoms with Crippen LogP contribution >= 0.6 is 0 Å². The Morgan fingerprint density at radius 1 is 0.917 bits per heavy atom. The first-order chi connectivity index (χ1) is 17.5. The first-order valence-corrected chi connectivity index (χ1v) is 12.7. The van der Waals surface area contributed by atoms with Crippen LogP contribution in [-0.2, 0) is 14.4 Å². The molecule has 1 saturated carbocycles. The van der Waals surface area contributed by atoms with Crippen molar-refractivity contribution in [2.45, 2.75) is 63.5 Å². The normalized spacial score (nSPS) is 23.9. The molecular formula is C28H31N3O5. The quantitative estimate of drug-likeness (QED) is 0.637. The van der Waals surface area contributed by atoms with E-state index in [9.17, 15) is 19.2 Å². The summed E-state index contributed by atoms with van der Waals surface area (Å²) in [6, 6.07) is 13.3. The van der Waals surface area contributed by atoms with Gasteiger partial charge in [0.2, 0.25) is 17.7 Å². The van der Waals surface area contributed by atoms with Gasteiger partial charge in [-0.25, -0.2) is 0 Å². The van der Waals surface area contributed by atoms with Gasteiger partial charge in [-0.05, 0) is 68.0 Å². The van der Waals surface area contributed by atoms with E-state index in [1.54, 1.807) is 54.5 Å². The lowest BCUT2D eigenvalue weighted by atomic mass is 9.84. The van der Waals surface area contributed by atoms with Crippen molar-refractivity contribution in [2.24, 2.45) is 5.92 Å². The van der Waals surface area contributed by atoms with Crippen LogP contribution < -0.4 is 15.0 Å². The molecule has 4 amide bonds. The Labute approximate surface area is 210 Å². The van der Waals surface area contributed by atoms with Crippen molar-refractivity contribution in [1.82, 2.24) is 4.90 Å². The Kier molecular flexibility index (Phi) is 6.76. The van der Waals surface area contributed by atoms with Crippen LogP contribution in [0.1, 0.15) is 61.7 Å². The number of hydrogen-bond acceptors (Lipinski definition) is 5. The number of nitrogens with one attached hydrogen (secondary N) is 1. The molecule has 3 atom stereocenters. The predicted molar refractivity (Wildman–Crippen MR) is 135 cm³/mol. The third-order valence-electron chi connectivity index (χ3n) is 7.64. The Balaban J connectivity index is 1.36. The fraction of sp³-hybridized carbons (Fsp3) is 0.429. The van der Waals surface area contributed by atoms with Crippen LogP contribution in [-0.4, -0.2) is 47.7 Å². The van der Waals surface area contributed by atoms with Crippen molar-refractivity contribution in [1.29, 1.82) is 0 Å². The number of piperidine rings is 1. The van der Waals surface area contributed by atoms with E-state index < -0.39 is 6.04 Å². The van der Waals surface area contributed by atoms with Crippen molar-refractivity contribution in [3.63, 3.8) is 0 Å². The van der Waals surface area contributed by atoms with E-state index >= 15 is 0 Å². The second-order valence-electron chi connectivity index (χ2n) is 9.79. The number of carbonyl (C=O) groups excluding carboxylic acids is 4. The van der Waals surface area contributed by atoms with Gasteiger partial charge >= 0.3 is 0 Å². The van der Waals surface area contributed by atoms with Gasteiger partial charge in [0.15, 0.2) is 0 Å². The highest BCUT2D eigenvalue weighted by Gasteiger charge is 2.48. The number of likely N-dealkylation sites (tertiary alicyclic amines) is 1. The smallest absolute Gasteiger partial charge is 0.258 e. The molecule has 2 saturated heterocycles. The lowest BCUT2D eigenvalue weighted by Crippen LogP contribution is -2.48. The predicted octanol–water partition coefficient (Wildman–Crippen LogP) is 4.15. The van der Waals surface area contributed by atoms with Crippen LogP contribution in [0, 0.1) is 5.92 Å². The van der Waals surface area contributed by atoms with Crippen molar-refractivity contribution in [3.05, 3.63) is 54.1 Å². The van der Waals surface area contributed by atoms with Gasteiger partial charge in [0, 0.05) is 24.6 Å². The fourth-order valence-corrected chi connectivity index (χ4v) is 5.91. The molecule has 188 valence electrons. The summed E-state index contributed by atoms with van der Waals surface area (Å²) in [5.41, 5.74) is 1.52. The summed E-state index contributed by atoms with van der Waals surface area (Å²) in [5, 5.41) is 2.96. The number of nitrogens with zero attached hydrogens (tertiary/aromatic N) is 2. The maximum absolute atomic E-state index is 13.7. The molecule has 0 radical (unpaired) electrons. The number of benzene rings is 2. The molecule has 3 fully saturated rings. The molecule has 3 unspecified atom stereocenters. The number of amides is 4. The third kappa shape index (κ3) is 4.47. The number of rotatable bonds is 5. The summed E-state index contributed by atoms with van der Waals surface area (Å²) in [6.45, 7) is 0. The first kappa shape index (κ1) is 24.0. The zero-order valence-corrected chi connectivity index (χ0v) is 20.4. The molecule has 0 spiro atoms. The van der Waals surface area contributed by atoms with Gasteiger partial charge < -0.3 is 15.0 Å². The fourth-order valence-electron chi connectivity index (χ4n) is 5.91. The third-order valence-corrected chi connectivity index (χ3v) is 7.64. The number of fused-ring (bicyclic) bond motifs is 1. The summed E-state index contributed by atoms with van der Waals surface area (Å²) in [4.78, 5) is 54.6. The largest absolute Gasteiger partial charge is 0.496 e. The maximum Gasteiger partial charge on any atom is 0.258 e. The number of anilines is 2. The Bertz CT molecular complexity index is 1160. The van der Waals surface area contributed by atoms with Crippen molar-refractivity contribution in [3.8, 4) is 5.75 Å². The van der Waals surface area contributed by atoms with Gasteiger partial charge in [0.25, 0.3) is 5.91 Å². The van der Waals surface area contributed by atoms with E-state index in [0.717, 1.165) is 25.7 Å². The number of ether oxygens (including phenoxy) is 1. The Morgan fingerprint density at radius 3 is 2.33 bits per heavy atom. The molecule has 1 N–H and O–H groups in total. The van der Waals surface area contributed by atoms with E-state index in [1.807, 2.05) is 6.07 Å². The molecule has 3 aliphatic rings.